The van der Waals surface area contributed by atoms with Gasteiger partial charge in [0.25, 0.3) is 5.91 Å². The second kappa shape index (κ2) is 8.75. The number of carbonyl (C=O) groups excluding carboxylic acids is 1. The van der Waals surface area contributed by atoms with Crippen LogP contribution in [0.15, 0.2) is 47.0 Å². The minimum atomic E-state index is -0.104. The van der Waals surface area contributed by atoms with Crippen LogP contribution in [0.4, 0.5) is 0 Å². The van der Waals surface area contributed by atoms with Crippen LogP contribution in [0.3, 0.4) is 0 Å². The Kier molecular flexibility index (Phi) is 5.90. The lowest BCUT2D eigenvalue weighted by Gasteiger charge is -2.31. The maximum atomic E-state index is 13.1. The molecule has 4 rings (SSSR count). The summed E-state index contributed by atoms with van der Waals surface area (Å²) in [5.74, 6) is 2.12. The smallest absolute Gasteiger partial charge is 0.261 e. The molecule has 1 saturated heterocycles. The summed E-state index contributed by atoms with van der Waals surface area (Å²) >= 11 is 6.05. The van der Waals surface area contributed by atoms with E-state index in [1.165, 1.54) is 0 Å². The molecule has 8 heteroatoms. The first-order valence-electron chi connectivity index (χ1n) is 9.70. The summed E-state index contributed by atoms with van der Waals surface area (Å²) in [4.78, 5) is 19.5. The molecule has 1 aliphatic rings. The van der Waals surface area contributed by atoms with Crippen molar-refractivity contribution in [3.63, 3.8) is 0 Å². The van der Waals surface area contributed by atoms with E-state index in [9.17, 15) is 4.79 Å². The molecule has 2 heterocycles. The number of nitrogens with zero attached hydrogens (tertiary/aromatic N) is 3. The molecule has 0 N–H and O–H groups in total. The van der Waals surface area contributed by atoms with Crippen molar-refractivity contribution in [2.75, 3.05) is 27.3 Å². The summed E-state index contributed by atoms with van der Waals surface area (Å²) in [5.41, 5.74) is 1.26. The Morgan fingerprint density at radius 2 is 1.77 bits per heavy atom. The molecule has 2 aromatic carbocycles. The summed E-state index contributed by atoms with van der Waals surface area (Å²) in [6.07, 6.45) is 1.47. The average Bonchev–Trinajstić information content (AvgIpc) is 3.28. The van der Waals surface area contributed by atoms with Crippen molar-refractivity contribution < 1.29 is 18.8 Å². The molecular formula is C22H22ClN3O4. The van der Waals surface area contributed by atoms with Gasteiger partial charge in [-0.25, -0.2) is 0 Å². The fraction of sp³-hybridized carbons (Fsp3) is 0.318. The lowest BCUT2D eigenvalue weighted by molar-refractivity contribution is 0.0697. The summed E-state index contributed by atoms with van der Waals surface area (Å²) in [5, 5.41) is 4.71. The molecule has 156 valence electrons. The third kappa shape index (κ3) is 3.98. The third-order valence-electron chi connectivity index (χ3n) is 5.30. The Balaban J connectivity index is 1.46. The molecule has 1 fully saturated rings. The quantitative estimate of drug-likeness (QED) is 0.599. The third-order valence-corrected chi connectivity index (χ3v) is 5.53. The number of methoxy groups -OCH3 is 2. The van der Waals surface area contributed by atoms with Crippen molar-refractivity contribution in [3.8, 4) is 22.9 Å². The standard InChI is InChI=1S/C22H22ClN3O4/c1-28-17-7-4-8-18(29-2)19(17)22(27)26-11-9-14(10-12-26)21-24-20(25-30-21)15-5-3-6-16(23)13-15/h3-8,13-14H,9-12H2,1-2H3. The van der Waals surface area contributed by atoms with Gasteiger partial charge in [-0.1, -0.05) is 35.0 Å². The average molecular weight is 428 g/mol. The van der Waals surface area contributed by atoms with Crippen LogP contribution in [0.5, 0.6) is 11.5 Å². The summed E-state index contributed by atoms with van der Waals surface area (Å²) < 4.78 is 16.3. The van der Waals surface area contributed by atoms with Gasteiger partial charge in [-0.3, -0.25) is 4.79 Å². The monoisotopic (exact) mass is 427 g/mol. The summed E-state index contributed by atoms with van der Waals surface area (Å²) in [7, 11) is 3.09. The van der Waals surface area contributed by atoms with E-state index in [0.717, 1.165) is 18.4 Å². The van der Waals surface area contributed by atoms with Crippen LogP contribution in [-0.4, -0.2) is 48.3 Å². The van der Waals surface area contributed by atoms with E-state index in [1.54, 1.807) is 44.6 Å². The first-order valence-corrected chi connectivity index (χ1v) is 10.1. The van der Waals surface area contributed by atoms with Crippen molar-refractivity contribution in [2.24, 2.45) is 0 Å². The van der Waals surface area contributed by atoms with Crippen LogP contribution in [0.2, 0.25) is 5.02 Å². The molecule has 0 unspecified atom stereocenters. The zero-order valence-electron chi connectivity index (χ0n) is 16.8. The first-order chi connectivity index (χ1) is 14.6. The maximum absolute atomic E-state index is 13.1. The van der Waals surface area contributed by atoms with Crippen molar-refractivity contribution in [1.82, 2.24) is 15.0 Å². The fourth-order valence-electron chi connectivity index (χ4n) is 3.70. The Morgan fingerprint density at radius 1 is 1.10 bits per heavy atom. The minimum absolute atomic E-state index is 0.104. The predicted molar refractivity (Wildman–Crippen MR) is 112 cm³/mol. The molecule has 0 atom stereocenters. The van der Waals surface area contributed by atoms with Crippen molar-refractivity contribution in [3.05, 3.63) is 58.9 Å². The van der Waals surface area contributed by atoms with E-state index >= 15 is 0 Å². The molecule has 3 aromatic rings. The number of benzene rings is 2. The first kappa shape index (κ1) is 20.2. The van der Waals surface area contributed by atoms with E-state index < -0.39 is 0 Å². The van der Waals surface area contributed by atoms with Crippen LogP contribution in [0.1, 0.15) is 35.0 Å². The van der Waals surface area contributed by atoms with Crippen molar-refractivity contribution in [1.29, 1.82) is 0 Å². The Labute approximate surface area is 179 Å². The molecule has 1 aliphatic heterocycles. The van der Waals surface area contributed by atoms with Gasteiger partial charge in [0.2, 0.25) is 11.7 Å². The van der Waals surface area contributed by atoms with E-state index in [2.05, 4.69) is 10.1 Å². The van der Waals surface area contributed by atoms with Gasteiger partial charge < -0.3 is 18.9 Å². The summed E-state index contributed by atoms with van der Waals surface area (Å²) in [6, 6.07) is 12.7. The molecule has 0 aliphatic carbocycles. The van der Waals surface area contributed by atoms with Gasteiger partial charge in [-0.05, 0) is 37.1 Å². The zero-order valence-corrected chi connectivity index (χ0v) is 17.6. The van der Waals surface area contributed by atoms with Crippen LogP contribution in [0, 0.1) is 0 Å². The topological polar surface area (TPSA) is 77.7 Å². The number of rotatable bonds is 5. The molecule has 1 amide bonds. The molecule has 30 heavy (non-hydrogen) atoms. The number of piperidine rings is 1. The second-order valence-corrected chi connectivity index (χ2v) is 7.51. The highest BCUT2D eigenvalue weighted by Gasteiger charge is 2.30. The summed E-state index contributed by atoms with van der Waals surface area (Å²) in [6.45, 7) is 1.17. The molecule has 0 radical (unpaired) electrons. The van der Waals surface area contributed by atoms with Crippen molar-refractivity contribution in [2.45, 2.75) is 18.8 Å². The highest BCUT2D eigenvalue weighted by Crippen LogP contribution is 2.33. The number of carbonyl (C=O) groups is 1. The predicted octanol–water partition coefficient (Wildman–Crippen LogP) is 4.43. The fourth-order valence-corrected chi connectivity index (χ4v) is 3.89. The lowest BCUT2D eigenvalue weighted by Crippen LogP contribution is -2.38. The molecule has 0 bridgehead atoms. The van der Waals surface area contributed by atoms with Crippen LogP contribution < -0.4 is 9.47 Å². The second-order valence-electron chi connectivity index (χ2n) is 7.07. The van der Waals surface area contributed by atoms with E-state index in [-0.39, 0.29) is 11.8 Å². The Morgan fingerprint density at radius 3 is 2.40 bits per heavy atom. The maximum Gasteiger partial charge on any atom is 0.261 e. The lowest BCUT2D eigenvalue weighted by atomic mass is 9.96. The number of ether oxygens (including phenoxy) is 2. The molecule has 7 nitrogen and oxygen atoms in total. The number of amides is 1. The number of likely N-dealkylation sites (tertiary alicyclic amines) is 1. The number of halogens is 1. The highest BCUT2D eigenvalue weighted by molar-refractivity contribution is 6.30. The van der Waals surface area contributed by atoms with Crippen molar-refractivity contribution >= 4 is 17.5 Å². The Bertz CT molecular complexity index is 1020. The van der Waals surface area contributed by atoms with Gasteiger partial charge in [0.15, 0.2) is 0 Å². The zero-order chi connectivity index (χ0) is 21.1. The van der Waals surface area contributed by atoms with Gasteiger partial charge in [0, 0.05) is 29.6 Å². The Hall–Kier alpha value is -3.06. The molecular weight excluding hydrogens is 406 g/mol. The van der Waals surface area contributed by atoms with Crippen LogP contribution in [0.25, 0.3) is 11.4 Å². The van der Waals surface area contributed by atoms with E-state index in [1.807, 2.05) is 17.0 Å². The SMILES string of the molecule is COc1cccc(OC)c1C(=O)N1CCC(c2nc(-c3cccc(Cl)c3)no2)CC1. The van der Waals surface area contributed by atoms with Gasteiger partial charge in [-0.15, -0.1) is 0 Å². The molecule has 0 spiro atoms. The van der Waals surface area contributed by atoms with Gasteiger partial charge in [0.1, 0.15) is 17.1 Å². The largest absolute Gasteiger partial charge is 0.496 e. The minimum Gasteiger partial charge on any atom is -0.496 e. The molecule has 0 saturated carbocycles. The number of hydrogen-bond acceptors (Lipinski definition) is 6. The van der Waals surface area contributed by atoms with Crippen LogP contribution in [-0.2, 0) is 0 Å². The van der Waals surface area contributed by atoms with Gasteiger partial charge in [0.05, 0.1) is 14.2 Å². The highest BCUT2D eigenvalue weighted by atomic mass is 35.5. The number of hydrogen-bond donors (Lipinski definition) is 0. The van der Waals surface area contributed by atoms with Gasteiger partial charge >= 0.3 is 0 Å². The number of aromatic nitrogens is 2. The normalized spacial score (nSPS) is 14.6. The molecule has 1 aromatic heterocycles. The van der Waals surface area contributed by atoms with E-state index in [4.69, 9.17) is 25.6 Å². The van der Waals surface area contributed by atoms with Crippen LogP contribution >= 0.6 is 11.6 Å². The van der Waals surface area contributed by atoms with E-state index in [0.29, 0.717) is 46.9 Å². The van der Waals surface area contributed by atoms with Gasteiger partial charge in [-0.2, -0.15) is 4.98 Å².